The molecule has 0 radical (unpaired) electrons. The van der Waals surface area contributed by atoms with Gasteiger partial charge in [0.25, 0.3) is 0 Å². The molecule has 2 N–H and O–H groups in total. The smallest absolute Gasteiger partial charge is 0.0346 e. The average Bonchev–Trinajstić information content (AvgIpc) is 3.03. The monoisotopic (exact) mass is 566 g/mol. The van der Waals surface area contributed by atoms with Gasteiger partial charge in [-0.25, -0.2) is 0 Å². The van der Waals surface area contributed by atoms with Crippen molar-refractivity contribution in [2.45, 2.75) is 90.9 Å². The highest BCUT2D eigenvalue weighted by atomic mass is 32.2. The Labute approximate surface area is 254 Å². The minimum absolute atomic E-state index is 0.571. The van der Waals surface area contributed by atoms with Gasteiger partial charge in [0.05, 0.1) is 0 Å². The van der Waals surface area contributed by atoms with Crippen LogP contribution >= 0.6 is 11.9 Å². The molecule has 4 aromatic rings. The van der Waals surface area contributed by atoms with Crippen molar-refractivity contribution >= 4 is 18.0 Å². The van der Waals surface area contributed by atoms with Crippen LogP contribution in [0, 0.1) is 0 Å². The molecule has 0 unspecified atom stereocenters. The van der Waals surface area contributed by atoms with E-state index in [1.165, 1.54) is 63.7 Å². The van der Waals surface area contributed by atoms with Gasteiger partial charge in [-0.15, -0.1) is 0 Å². The first-order valence-electron chi connectivity index (χ1n) is 15.0. The van der Waals surface area contributed by atoms with E-state index in [-0.39, 0.29) is 0 Å². The number of fused-ring (bicyclic) bond motifs is 1. The second-order valence-electron chi connectivity index (χ2n) is 10.9. The number of hydrogen-bond donors (Lipinski definition) is 1. The predicted molar refractivity (Wildman–Crippen MR) is 184 cm³/mol. The van der Waals surface area contributed by atoms with E-state index in [0.717, 1.165) is 4.90 Å². The van der Waals surface area contributed by atoms with Gasteiger partial charge in [0.2, 0.25) is 0 Å². The Morgan fingerprint density at radius 3 is 1.90 bits per heavy atom. The quantitative estimate of drug-likeness (QED) is 0.244. The largest absolute Gasteiger partial charge is 0.274 e. The summed E-state index contributed by atoms with van der Waals surface area (Å²) in [6, 6.07) is 27.9. The van der Waals surface area contributed by atoms with Crippen molar-refractivity contribution in [1.29, 1.82) is 0 Å². The predicted octanol–water partition coefficient (Wildman–Crippen LogP) is 11.4. The second-order valence-corrected chi connectivity index (χ2v) is 11.6. The van der Waals surface area contributed by atoms with Crippen molar-refractivity contribution in [3.8, 4) is 11.1 Å². The maximum Gasteiger partial charge on any atom is 0.0346 e. The number of nitrogens with two attached hydrogens (primary N) is 1. The summed E-state index contributed by atoms with van der Waals surface area (Å²) < 4.78 is 0. The Hall–Kier alpha value is -3.14. The zero-order chi connectivity index (χ0) is 30.2. The molecule has 3 heteroatoms. The van der Waals surface area contributed by atoms with E-state index in [1.54, 1.807) is 6.20 Å². The van der Waals surface area contributed by atoms with Crippen LogP contribution in [0.15, 0.2) is 102 Å². The number of aromatic nitrogens is 1. The van der Waals surface area contributed by atoms with E-state index in [4.69, 9.17) is 5.14 Å². The molecule has 0 bridgehead atoms. The molecule has 5 rings (SSSR count). The van der Waals surface area contributed by atoms with E-state index in [9.17, 15) is 0 Å². The first-order chi connectivity index (χ1) is 19.8. The molecule has 1 aliphatic rings. The van der Waals surface area contributed by atoms with Crippen LogP contribution in [0.3, 0.4) is 0 Å². The standard InChI is InChI=1S/C14H15N.C13H16.C9H13NS.C2H6/c1-11(2)12-5-3-6-13(9-12)14-7-4-8-15-10-14;1-10(2)12-8-7-11-5-3-4-6-13(11)9-12;1-7(2)8-4-3-5-9(6-8)11-10;1-2/h3-11H,1-2H3;3,5,7-10H,4,6H2,1-2H3;3-7H,10H2,1-2H3;1-2H3. The fourth-order valence-electron chi connectivity index (χ4n) is 4.37. The number of benzene rings is 3. The Morgan fingerprint density at radius 1 is 0.683 bits per heavy atom. The lowest BCUT2D eigenvalue weighted by Crippen LogP contribution is -1.96. The molecule has 1 aromatic heterocycles. The van der Waals surface area contributed by atoms with Crippen molar-refractivity contribution in [3.05, 3.63) is 125 Å². The van der Waals surface area contributed by atoms with E-state index in [0.29, 0.717) is 17.8 Å². The molecule has 0 amide bonds. The lowest BCUT2D eigenvalue weighted by Gasteiger charge is -2.13. The molecule has 1 heterocycles. The zero-order valence-electron chi connectivity index (χ0n) is 26.4. The van der Waals surface area contributed by atoms with Crippen molar-refractivity contribution in [2.24, 2.45) is 5.14 Å². The number of pyridine rings is 1. The molecule has 2 nitrogen and oxygen atoms in total. The summed E-state index contributed by atoms with van der Waals surface area (Å²) in [6.45, 7) is 17.3. The van der Waals surface area contributed by atoms with E-state index in [2.05, 4.69) is 119 Å². The minimum Gasteiger partial charge on any atom is -0.274 e. The van der Waals surface area contributed by atoms with Crippen LogP contribution in [-0.2, 0) is 6.42 Å². The van der Waals surface area contributed by atoms with Gasteiger partial charge < -0.3 is 0 Å². The lowest BCUT2D eigenvalue weighted by atomic mass is 9.92. The average molecular weight is 567 g/mol. The zero-order valence-corrected chi connectivity index (χ0v) is 27.2. The van der Waals surface area contributed by atoms with Crippen LogP contribution in [0.4, 0.5) is 0 Å². The molecule has 218 valence electrons. The van der Waals surface area contributed by atoms with E-state index in [1.807, 2.05) is 38.2 Å². The molecule has 0 atom stereocenters. The van der Waals surface area contributed by atoms with Crippen molar-refractivity contribution in [1.82, 2.24) is 4.98 Å². The third kappa shape index (κ3) is 11.3. The normalized spacial score (nSPS) is 11.5. The Morgan fingerprint density at radius 2 is 1.29 bits per heavy atom. The third-order valence-corrected chi connectivity index (χ3v) is 7.45. The van der Waals surface area contributed by atoms with Gasteiger partial charge in [0, 0.05) is 17.3 Å². The van der Waals surface area contributed by atoms with Gasteiger partial charge in [-0.05, 0) is 99.7 Å². The number of rotatable bonds is 5. The summed E-state index contributed by atoms with van der Waals surface area (Å²) in [6.07, 6.45) is 10.6. The highest BCUT2D eigenvalue weighted by Crippen LogP contribution is 2.25. The first-order valence-corrected chi connectivity index (χ1v) is 15.9. The van der Waals surface area contributed by atoms with Gasteiger partial charge in [-0.2, -0.15) is 0 Å². The molecule has 3 aromatic carbocycles. The SMILES string of the molecule is CC.CC(C)c1ccc2c(c1)CCC=C2.CC(C)c1cccc(-c2cccnc2)c1.CC(C)c1cccc(SN)c1. The number of aryl methyl sites for hydroxylation is 1. The van der Waals surface area contributed by atoms with Crippen molar-refractivity contribution in [2.75, 3.05) is 0 Å². The van der Waals surface area contributed by atoms with Gasteiger partial charge in [0.15, 0.2) is 0 Å². The van der Waals surface area contributed by atoms with E-state index < -0.39 is 0 Å². The maximum atomic E-state index is 5.44. The summed E-state index contributed by atoms with van der Waals surface area (Å²) >= 11 is 1.30. The Kier molecular flexibility index (Phi) is 15.2. The summed E-state index contributed by atoms with van der Waals surface area (Å²) in [5.74, 6) is 1.81. The highest BCUT2D eigenvalue weighted by Gasteiger charge is 2.06. The summed E-state index contributed by atoms with van der Waals surface area (Å²) in [4.78, 5) is 5.27. The van der Waals surface area contributed by atoms with Gasteiger partial charge >= 0.3 is 0 Å². The van der Waals surface area contributed by atoms with Crippen molar-refractivity contribution < 1.29 is 0 Å². The molecule has 1 aliphatic carbocycles. The number of allylic oxidation sites excluding steroid dienone is 1. The Balaban J connectivity index is 0.000000211. The summed E-state index contributed by atoms with van der Waals surface area (Å²) in [5.41, 5.74) is 9.55. The molecule has 0 fully saturated rings. The molecular weight excluding hydrogens is 516 g/mol. The minimum atomic E-state index is 0.571. The summed E-state index contributed by atoms with van der Waals surface area (Å²) in [7, 11) is 0. The highest BCUT2D eigenvalue weighted by molar-refractivity contribution is 7.97. The van der Waals surface area contributed by atoms with Crippen LogP contribution in [0.25, 0.3) is 17.2 Å². The molecule has 0 saturated carbocycles. The fraction of sp³-hybridized carbons (Fsp3) is 0.342. The van der Waals surface area contributed by atoms with Gasteiger partial charge in [-0.3, -0.25) is 10.1 Å². The van der Waals surface area contributed by atoms with Crippen LogP contribution in [-0.4, -0.2) is 4.98 Å². The molecular formula is C38H50N2S. The Bertz CT molecular complexity index is 1320. The van der Waals surface area contributed by atoms with Gasteiger partial charge in [-0.1, -0.05) is 128 Å². The molecule has 0 aliphatic heterocycles. The van der Waals surface area contributed by atoms with Crippen LogP contribution in [0.1, 0.15) is 107 Å². The fourth-order valence-corrected chi connectivity index (χ4v) is 4.73. The summed E-state index contributed by atoms with van der Waals surface area (Å²) in [5, 5.41) is 5.44. The third-order valence-electron chi connectivity index (χ3n) is 6.92. The molecule has 0 saturated heterocycles. The van der Waals surface area contributed by atoms with Crippen LogP contribution in [0.5, 0.6) is 0 Å². The first kappa shape index (κ1) is 34.1. The topological polar surface area (TPSA) is 38.9 Å². The van der Waals surface area contributed by atoms with E-state index >= 15 is 0 Å². The lowest BCUT2D eigenvalue weighted by molar-refractivity contribution is 0.858. The molecule has 0 spiro atoms. The number of nitrogens with zero attached hydrogens (tertiary/aromatic N) is 1. The molecule has 41 heavy (non-hydrogen) atoms. The second kappa shape index (κ2) is 18.3. The maximum absolute atomic E-state index is 5.44. The van der Waals surface area contributed by atoms with Crippen LogP contribution in [0.2, 0.25) is 0 Å². The van der Waals surface area contributed by atoms with Crippen LogP contribution < -0.4 is 5.14 Å². The van der Waals surface area contributed by atoms with Gasteiger partial charge in [0.1, 0.15) is 0 Å². The van der Waals surface area contributed by atoms with Crippen molar-refractivity contribution in [3.63, 3.8) is 0 Å². The number of hydrogen-bond acceptors (Lipinski definition) is 3.